The Morgan fingerprint density at radius 3 is 2.45 bits per heavy atom. The highest BCUT2D eigenvalue weighted by molar-refractivity contribution is 6.51. The van der Waals surface area contributed by atoms with E-state index in [0.717, 1.165) is 0 Å². The number of ketones is 1. The minimum absolute atomic E-state index is 0.0141. The standard InChI is InChI=1S/C25H20ClNO4/c1-2-31-20-13-7-12-19(15-20)27-22(16-8-4-3-5-9-16)21(24(29)25(27)30)23(28)17-10-6-11-18(26)14-17/h3-15,22,28H,2H2,1H3/b23-21+. The number of hydrogen-bond acceptors (Lipinski definition) is 4. The zero-order valence-corrected chi connectivity index (χ0v) is 17.5. The van der Waals surface area contributed by atoms with Gasteiger partial charge in [-0.3, -0.25) is 14.5 Å². The van der Waals surface area contributed by atoms with Crippen LogP contribution >= 0.6 is 11.6 Å². The molecular weight excluding hydrogens is 414 g/mol. The number of nitrogens with zero attached hydrogens (tertiary/aromatic N) is 1. The number of aliphatic hydroxyl groups is 1. The number of Topliss-reactive ketones (excluding diaryl/α,β-unsaturated/α-hetero) is 1. The molecule has 0 saturated carbocycles. The molecule has 3 aromatic rings. The van der Waals surface area contributed by atoms with E-state index in [1.54, 1.807) is 48.5 Å². The first-order chi connectivity index (χ1) is 15.0. The van der Waals surface area contributed by atoms with Crippen molar-refractivity contribution in [3.63, 3.8) is 0 Å². The number of amides is 1. The van der Waals surface area contributed by atoms with Gasteiger partial charge in [-0.25, -0.2) is 0 Å². The summed E-state index contributed by atoms with van der Waals surface area (Å²) in [5, 5.41) is 11.5. The lowest BCUT2D eigenvalue weighted by Gasteiger charge is -2.25. The topological polar surface area (TPSA) is 66.8 Å². The summed E-state index contributed by atoms with van der Waals surface area (Å²) in [6.07, 6.45) is 0. The Balaban J connectivity index is 1.92. The maximum Gasteiger partial charge on any atom is 0.300 e. The second-order valence-corrected chi connectivity index (χ2v) is 7.46. The van der Waals surface area contributed by atoms with Crippen LogP contribution < -0.4 is 9.64 Å². The van der Waals surface area contributed by atoms with Crippen LogP contribution in [0.25, 0.3) is 5.76 Å². The Hall–Kier alpha value is -3.57. The third-order valence-electron chi connectivity index (χ3n) is 5.06. The predicted molar refractivity (Wildman–Crippen MR) is 120 cm³/mol. The van der Waals surface area contributed by atoms with Gasteiger partial charge in [-0.1, -0.05) is 60.1 Å². The molecule has 1 saturated heterocycles. The first-order valence-corrected chi connectivity index (χ1v) is 10.2. The molecule has 0 aromatic heterocycles. The maximum absolute atomic E-state index is 13.1. The molecule has 1 aliphatic heterocycles. The third kappa shape index (κ3) is 3.92. The molecule has 1 fully saturated rings. The summed E-state index contributed by atoms with van der Waals surface area (Å²) in [5.41, 5.74) is 1.59. The average Bonchev–Trinajstić information content (AvgIpc) is 3.05. The Morgan fingerprint density at radius 2 is 1.74 bits per heavy atom. The lowest BCUT2D eigenvalue weighted by molar-refractivity contribution is -0.132. The molecule has 1 aliphatic rings. The number of aliphatic hydroxyl groups excluding tert-OH is 1. The Labute approximate surface area is 185 Å². The molecule has 1 amide bonds. The summed E-state index contributed by atoms with van der Waals surface area (Å²) in [6, 6.07) is 21.9. The zero-order valence-electron chi connectivity index (χ0n) is 16.8. The molecule has 1 heterocycles. The lowest BCUT2D eigenvalue weighted by atomic mass is 9.95. The van der Waals surface area contributed by atoms with Crippen LogP contribution in [0.2, 0.25) is 5.02 Å². The van der Waals surface area contributed by atoms with E-state index in [1.165, 1.54) is 4.90 Å². The van der Waals surface area contributed by atoms with Crippen LogP contribution in [0.4, 0.5) is 5.69 Å². The van der Waals surface area contributed by atoms with E-state index in [1.807, 2.05) is 37.3 Å². The minimum atomic E-state index is -0.794. The largest absolute Gasteiger partial charge is 0.507 e. The number of anilines is 1. The number of halogens is 1. The molecule has 0 spiro atoms. The summed E-state index contributed by atoms with van der Waals surface area (Å²) in [6.45, 7) is 2.34. The summed E-state index contributed by atoms with van der Waals surface area (Å²) in [4.78, 5) is 27.6. The van der Waals surface area contributed by atoms with Gasteiger partial charge in [0.2, 0.25) is 0 Å². The fourth-order valence-electron chi connectivity index (χ4n) is 3.73. The number of benzene rings is 3. The molecule has 0 bridgehead atoms. The van der Waals surface area contributed by atoms with Crippen LogP contribution in [0.5, 0.6) is 5.75 Å². The normalized spacial score (nSPS) is 17.7. The van der Waals surface area contributed by atoms with Crippen molar-refractivity contribution in [2.24, 2.45) is 0 Å². The average molecular weight is 434 g/mol. The van der Waals surface area contributed by atoms with Gasteiger partial charge >= 0.3 is 0 Å². The van der Waals surface area contributed by atoms with Crippen molar-refractivity contribution in [2.75, 3.05) is 11.5 Å². The van der Waals surface area contributed by atoms with Gasteiger partial charge in [0, 0.05) is 22.3 Å². The summed E-state index contributed by atoms with van der Waals surface area (Å²) in [5.74, 6) is -1.15. The van der Waals surface area contributed by atoms with Crippen LogP contribution in [0.15, 0.2) is 84.4 Å². The molecule has 4 rings (SSSR count). The predicted octanol–water partition coefficient (Wildman–Crippen LogP) is 5.37. The first-order valence-electron chi connectivity index (χ1n) is 9.86. The van der Waals surface area contributed by atoms with Gasteiger partial charge in [0.1, 0.15) is 11.5 Å². The van der Waals surface area contributed by atoms with Crippen LogP contribution in [-0.4, -0.2) is 23.4 Å². The fourth-order valence-corrected chi connectivity index (χ4v) is 3.92. The first kappa shape index (κ1) is 20.7. The monoisotopic (exact) mass is 433 g/mol. The van der Waals surface area contributed by atoms with Crippen molar-refractivity contribution < 1.29 is 19.4 Å². The summed E-state index contributed by atoms with van der Waals surface area (Å²) < 4.78 is 5.57. The number of hydrogen-bond donors (Lipinski definition) is 1. The summed E-state index contributed by atoms with van der Waals surface area (Å²) in [7, 11) is 0. The van der Waals surface area contributed by atoms with Crippen LogP contribution in [0, 0.1) is 0 Å². The van der Waals surface area contributed by atoms with E-state index < -0.39 is 17.7 Å². The molecule has 1 atom stereocenters. The quantitative estimate of drug-likeness (QED) is 0.334. The minimum Gasteiger partial charge on any atom is -0.507 e. The highest BCUT2D eigenvalue weighted by atomic mass is 35.5. The van der Waals surface area contributed by atoms with E-state index in [9.17, 15) is 14.7 Å². The van der Waals surface area contributed by atoms with Gasteiger partial charge < -0.3 is 9.84 Å². The molecule has 3 aromatic carbocycles. The van der Waals surface area contributed by atoms with Gasteiger partial charge in [0.25, 0.3) is 11.7 Å². The molecule has 0 aliphatic carbocycles. The van der Waals surface area contributed by atoms with Crippen molar-refractivity contribution in [2.45, 2.75) is 13.0 Å². The zero-order chi connectivity index (χ0) is 22.0. The molecule has 6 heteroatoms. The SMILES string of the molecule is CCOc1cccc(N2C(=O)C(=O)/C(=C(/O)c3cccc(Cl)c3)C2c2ccccc2)c1. The van der Waals surface area contributed by atoms with E-state index in [2.05, 4.69) is 0 Å². The van der Waals surface area contributed by atoms with E-state index in [-0.39, 0.29) is 11.3 Å². The summed E-state index contributed by atoms with van der Waals surface area (Å²) >= 11 is 6.08. The number of ether oxygens (including phenoxy) is 1. The van der Waals surface area contributed by atoms with Crippen molar-refractivity contribution in [3.8, 4) is 5.75 Å². The molecule has 0 radical (unpaired) electrons. The highest BCUT2D eigenvalue weighted by Crippen LogP contribution is 2.42. The van der Waals surface area contributed by atoms with Crippen molar-refractivity contribution >= 4 is 34.7 Å². The molecule has 156 valence electrons. The molecule has 1 N–H and O–H groups in total. The van der Waals surface area contributed by atoms with Gasteiger partial charge in [0.05, 0.1) is 18.2 Å². The molecule has 1 unspecified atom stereocenters. The number of carbonyl (C=O) groups excluding carboxylic acids is 2. The smallest absolute Gasteiger partial charge is 0.300 e. The van der Waals surface area contributed by atoms with Gasteiger partial charge in [-0.2, -0.15) is 0 Å². The Bertz CT molecular complexity index is 1170. The maximum atomic E-state index is 13.1. The van der Waals surface area contributed by atoms with Crippen LogP contribution in [0.1, 0.15) is 24.1 Å². The number of carbonyl (C=O) groups is 2. The highest BCUT2D eigenvalue weighted by Gasteiger charge is 2.47. The van der Waals surface area contributed by atoms with E-state index in [4.69, 9.17) is 16.3 Å². The van der Waals surface area contributed by atoms with Crippen molar-refractivity contribution in [1.82, 2.24) is 0 Å². The van der Waals surface area contributed by atoms with Crippen LogP contribution in [-0.2, 0) is 9.59 Å². The van der Waals surface area contributed by atoms with E-state index in [0.29, 0.717) is 34.2 Å². The fraction of sp³-hybridized carbons (Fsp3) is 0.120. The number of rotatable bonds is 5. The lowest BCUT2D eigenvalue weighted by Crippen LogP contribution is -2.29. The Kier molecular flexibility index (Phi) is 5.78. The molecule has 31 heavy (non-hydrogen) atoms. The third-order valence-corrected chi connectivity index (χ3v) is 5.30. The van der Waals surface area contributed by atoms with Gasteiger partial charge in [0.15, 0.2) is 0 Å². The van der Waals surface area contributed by atoms with Crippen molar-refractivity contribution in [1.29, 1.82) is 0 Å². The van der Waals surface area contributed by atoms with E-state index >= 15 is 0 Å². The van der Waals surface area contributed by atoms with Crippen LogP contribution in [0.3, 0.4) is 0 Å². The second-order valence-electron chi connectivity index (χ2n) is 7.02. The van der Waals surface area contributed by atoms with Gasteiger partial charge in [-0.15, -0.1) is 0 Å². The van der Waals surface area contributed by atoms with Crippen molar-refractivity contribution in [3.05, 3.63) is 101 Å². The Morgan fingerprint density at radius 1 is 1.00 bits per heavy atom. The molecular formula is C25H20ClNO4. The van der Waals surface area contributed by atoms with Gasteiger partial charge in [-0.05, 0) is 36.8 Å². The molecule has 5 nitrogen and oxygen atoms in total. The second kappa shape index (κ2) is 8.66.